The third-order valence-corrected chi connectivity index (χ3v) is 1.07. The van der Waals surface area contributed by atoms with Gasteiger partial charge in [-0.3, -0.25) is 14.9 Å². The second kappa shape index (κ2) is 2.44. The van der Waals surface area contributed by atoms with E-state index < -0.39 is 0 Å². The Hall–Kier alpha value is -1.12. The summed E-state index contributed by atoms with van der Waals surface area (Å²) in [5.41, 5.74) is 0. The molecule has 0 aromatic rings. The molecule has 0 aromatic heterocycles. The van der Waals surface area contributed by atoms with Crippen molar-refractivity contribution in [1.29, 1.82) is 0 Å². The summed E-state index contributed by atoms with van der Waals surface area (Å²) in [6.07, 6.45) is 4.16. The van der Waals surface area contributed by atoms with Gasteiger partial charge in [0.2, 0.25) is 11.8 Å². The highest BCUT2D eigenvalue weighted by Crippen LogP contribution is 1.94. The van der Waals surface area contributed by atoms with Crippen molar-refractivity contribution in [2.75, 3.05) is 0 Å². The van der Waals surface area contributed by atoms with E-state index in [9.17, 15) is 9.59 Å². The minimum atomic E-state index is -0.308. The summed E-state index contributed by atoms with van der Waals surface area (Å²) in [6, 6.07) is 0. The van der Waals surface area contributed by atoms with Gasteiger partial charge in [-0.15, -0.1) is 0 Å². The van der Waals surface area contributed by atoms with Crippen LogP contribution >= 0.6 is 0 Å². The van der Waals surface area contributed by atoms with Crippen molar-refractivity contribution in [1.82, 2.24) is 5.32 Å². The lowest BCUT2D eigenvalue weighted by atomic mass is 10.3. The minimum Gasteiger partial charge on any atom is -0.293 e. The number of imide groups is 1. The maximum atomic E-state index is 10.5. The van der Waals surface area contributed by atoms with Gasteiger partial charge in [-0.2, -0.15) is 0 Å². The third kappa shape index (κ3) is 1.68. The van der Waals surface area contributed by atoms with Crippen LogP contribution in [0.1, 0.15) is 12.8 Å². The van der Waals surface area contributed by atoms with Crippen LogP contribution in [0.3, 0.4) is 0 Å². The van der Waals surface area contributed by atoms with Crippen molar-refractivity contribution in [3.8, 4) is 0 Å². The molecule has 48 valence electrons. The average molecular weight is 125 g/mol. The van der Waals surface area contributed by atoms with E-state index in [-0.39, 0.29) is 11.8 Å². The first-order valence-corrected chi connectivity index (χ1v) is 2.79. The van der Waals surface area contributed by atoms with Crippen LogP contribution in [-0.2, 0) is 9.59 Å². The molecule has 0 spiro atoms. The van der Waals surface area contributed by atoms with Gasteiger partial charge in [-0.25, -0.2) is 0 Å². The molecule has 0 atom stereocenters. The molecule has 0 aromatic carbocycles. The van der Waals surface area contributed by atoms with Crippen LogP contribution in [0.15, 0.2) is 12.2 Å². The number of amides is 2. The number of nitrogens with one attached hydrogen (secondary N) is 1. The fraction of sp³-hybridized carbons (Fsp3) is 0.333. The van der Waals surface area contributed by atoms with E-state index >= 15 is 0 Å². The summed E-state index contributed by atoms with van der Waals surface area (Å²) < 4.78 is 0. The van der Waals surface area contributed by atoms with Gasteiger partial charge in [0.15, 0.2) is 0 Å². The summed E-state index contributed by atoms with van der Waals surface area (Å²) in [5, 5.41) is 2.18. The molecule has 0 saturated heterocycles. The summed E-state index contributed by atoms with van der Waals surface area (Å²) in [7, 11) is 0. The van der Waals surface area contributed by atoms with Crippen LogP contribution in [0.5, 0.6) is 0 Å². The molecule has 1 aliphatic heterocycles. The normalized spacial score (nSPS) is 19.1. The Morgan fingerprint density at radius 3 is 3.00 bits per heavy atom. The Kier molecular flexibility index (Phi) is 1.63. The van der Waals surface area contributed by atoms with Crippen molar-refractivity contribution in [2.45, 2.75) is 12.8 Å². The Bertz CT molecular complexity index is 172. The molecule has 0 radical (unpaired) electrons. The van der Waals surface area contributed by atoms with Gasteiger partial charge < -0.3 is 0 Å². The maximum Gasteiger partial charge on any atom is 0.250 e. The third-order valence-electron chi connectivity index (χ3n) is 1.07. The first kappa shape index (κ1) is 6.01. The molecule has 3 nitrogen and oxygen atoms in total. The summed E-state index contributed by atoms with van der Waals surface area (Å²) in [6.45, 7) is 0. The lowest BCUT2D eigenvalue weighted by Crippen LogP contribution is -2.26. The lowest BCUT2D eigenvalue weighted by Gasteiger charge is -1.92. The monoisotopic (exact) mass is 125 g/mol. The number of hydrogen-bond donors (Lipinski definition) is 1. The van der Waals surface area contributed by atoms with Gasteiger partial charge in [-0.1, -0.05) is 6.08 Å². The first-order valence-electron chi connectivity index (χ1n) is 2.79. The van der Waals surface area contributed by atoms with E-state index in [2.05, 4.69) is 5.32 Å². The zero-order valence-corrected chi connectivity index (χ0v) is 4.89. The molecule has 1 aliphatic rings. The van der Waals surface area contributed by atoms with Crippen molar-refractivity contribution < 1.29 is 9.59 Å². The lowest BCUT2D eigenvalue weighted by molar-refractivity contribution is -0.127. The molecule has 0 fully saturated rings. The minimum absolute atomic E-state index is 0.190. The van der Waals surface area contributed by atoms with Gasteiger partial charge in [0.25, 0.3) is 0 Å². The fourth-order valence-corrected chi connectivity index (χ4v) is 0.646. The smallest absolute Gasteiger partial charge is 0.250 e. The van der Waals surface area contributed by atoms with Crippen LogP contribution in [-0.4, -0.2) is 11.8 Å². The zero-order chi connectivity index (χ0) is 6.69. The van der Waals surface area contributed by atoms with E-state index in [1.807, 2.05) is 0 Å². The van der Waals surface area contributed by atoms with Crippen LogP contribution in [0.25, 0.3) is 0 Å². The molecule has 1 rings (SSSR count). The van der Waals surface area contributed by atoms with E-state index in [4.69, 9.17) is 0 Å². The Morgan fingerprint density at radius 2 is 2.22 bits per heavy atom. The fourth-order valence-electron chi connectivity index (χ4n) is 0.646. The molecule has 2 amide bonds. The molecule has 0 saturated carbocycles. The zero-order valence-electron chi connectivity index (χ0n) is 4.89. The van der Waals surface area contributed by atoms with Crippen molar-refractivity contribution >= 4 is 11.8 Å². The Balaban J connectivity index is 2.61. The highest BCUT2D eigenvalue weighted by molar-refractivity contribution is 6.01. The van der Waals surface area contributed by atoms with Gasteiger partial charge >= 0.3 is 0 Å². The van der Waals surface area contributed by atoms with Gasteiger partial charge in [0.05, 0.1) is 0 Å². The largest absolute Gasteiger partial charge is 0.293 e. The topological polar surface area (TPSA) is 46.2 Å². The van der Waals surface area contributed by atoms with Gasteiger partial charge in [0, 0.05) is 6.42 Å². The van der Waals surface area contributed by atoms with E-state index in [0.717, 1.165) is 0 Å². The van der Waals surface area contributed by atoms with Crippen molar-refractivity contribution in [3.63, 3.8) is 0 Å². The Labute approximate surface area is 52.7 Å². The second-order valence-corrected chi connectivity index (χ2v) is 1.85. The molecule has 0 bridgehead atoms. The van der Waals surface area contributed by atoms with E-state index in [0.29, 0.717) is 12.8 Å². The molecule has 1 heterocycles. The van der Waals surface area contributed by atoms with Crippen molar-refractivity contribution in [3.05, 3.63) is 12.2 Å². The molecule has 9 heavy (non-hydrogen) atoms. The van der Waals surface area contributed by atoms with Crippen LogP contribution in [0.4, 0.5) is 0 Å². The average Bonchev–Trinajstić information content (AvgIpc) is 1.93. The van der Waals surface area contributed by atoms with Crippen LogP contribution in [0, 0.1) is 0 Å². The first-order chi connectivity index (χ1) is 4.29. The standard InChI is InChI=1S/C6H7NO2/c8-5-3-1-2-4-6(9)7-5/h1,3H,2,4H2,(H,7,8,9). The number of allylic oxidation sites excluding steroid dienone is 1. The molecule has 0 aliphatic carbocycles. The Morgan fingerprint density at radius 1 is 1.44 bits per heavy atom. The number of rotatable bonds is 0. The quantitative estimate of drug-likeness (QED) is 0.462. The van der Waals surface area contributed by atoms with Gasteiger partial charge in [-0.05, 0) is 12.5 Å². The number of carbonyl (C=O) groups excluding carboxylic acids is 2. The highest BCUT2D eigenvalue weighted by atomic mass is 16.2. The van der Waals surface area contributed by atoms with E-state index in [1.54, 1.807) is 6.08 Å². The summed E-state index contributed by atoms with van der Waals surface area (Å²) in [4.78, 5) is 21.0. The predicted molar refractivity (Wildman–Crippen MR) is 31.5 cm³/mol. The molecule has 1 N–H and O–H groups in total. The number of carbonyl (C=O) groups is 2. The van der Waals surface area contributed by atoms with Gasteiger partial charge in [0.1, 0.15) is 0 Å². The molecule has 0 unspecified atom stereocenters. The van der Waals surface area contributed by atoms with E-state index in [1.165, 1.54) is 6.08 Å². The maximum absolute atomic E-state index is 10.5. The number of hydrogen-bond acceptors (Lipinski definition) is 2. The highest BCUT2D eigenvalue weighted by Gasteiger charge is 2.06. The van der Waals surface area contributed by atoms with Crippen LogP contribution in [0.2, 0.25) is 0 Å². The van der Waals surface area contributed by atoms with Crippen molar-refractivity contribution in [2.24, 2.45) is 0 Å². The van der Waals surface area contributed by atoms with Crippen LogP contribution < -0.4 is 5.32 Å². The second-order valence-electron chi connectivity index (χ2n) is 1.85. The molecular weight excluding hydrogens is 118 g/mol. The molecule has 3 heteroatoms. The molecular formula is C6H7NO2. The SMILES string of the molecule is O=C1C=CCCC(=O)N1. The summed E-state index contributed by atoms with van der Waals surface area (Å²) in [5.74, 6) is -0.498. The summed E-state index contributed by atoms with van der Waals surface area (Å²) >= 11 is 0. The predicted octanol–water partition coefficient (Wildman–Crippen LogP) is -0.0208.